The van der Waals surface area contributed by atoms with Crippen LogP contribution in [0.4, 0.5) is 5.69 Å². The Balaban J connectivity index is 1.81. The number of hydrogen-bond donors (Lipinski definition) is 3. The molecule has 0 aliphatic carbocycles. The molecule has 3 heterocycles. The summed E-state index contributed by atoms with van der Waals surface area (Å²) in [6.45, 7) is 2.17. The van der Waals surface area contributed by atoms with E-state index < -0.39 is 41.3 Å². The van der Waals surface area contributed by atoms with Gasteiger partial charge in [0, 0.05) is 42.6 Å². The van der Waals surface area contributed by atoms with Crippen molar-refractivity contribution in [2.45, 2.75) is 31.0 Å². The summed E-state index contributed by atoms with van der Waals surface area (Å²) in [5.74, 6) is -2.97. The second-order valence-corrected chi connectivity index (χ2v) is 7.98. The summed E-state index contributed by atoms with van der Waals surface area (Å²) in [4.78, 5) is 40.7. The van der Waals surface area contributed by atoms with Gasteiger partial charge in [-0.1, -0.05) is 11.6 Å². The average molecular weight is 408 g/mol. The third-order valence-corrected chi connectivity index (χ3v) is 6.19. The average Bonchev–Trinajstić information content (AvgIpc) is 3.23. The Morgan fingerprint density at radius 3 is 2.75 bits per heavy atom. The van der Waals surface area contributed by atoms with Crippen molar-refractivity contribution in [1.82, 2.24) is 10.2 Å². The second-order valence-electron chi connectivity index (χ2n) is 7.54. The number of likely N-dealkylation sites (tertiary alicyclic amines) is 1. The van der Waals surface area contributed by atoms with Crippen LogP contribution >= 0.6 is 11.6 Å². The van der Waals surface area contributed by atoms with Gasteiger partial charge < -0.3 is 15.2 Å². The number of carbonyl (C=O) groups excluding carboxylic acids is 3. The van der Waals surface area contributed by atoms with E-state index in [0.29, 0.717) is 29.3 Å². The number of nitrogens with one attached hydrogen (secondary N) is 2. The Bertz CT molecular complexity index is 860. The molecule has 5 atom stereocenters. The Kier molecular flexibility index (Phi) is 4.70. The largest absolute Gasteiger partial charge is 0.392 e. The number of amides is 3. The van der Waals surface area contributed by atoms with Gasteiger partial charge in [0.2, 0.25) is 17.7 Å². The van der Waals surface area contributed by atoms with Gasteiger partial charge in [0.15, 0.2) is 0 Å². The van der Waals surface area contributed by atoms with Gasteiger partial charge in [0.05, 0.1) is 17.9 Å². The van der Waals surface area contributed by atoms with Crippen LogP contribution in [-0.2, 0) is 24.7 Å². The number of benzene rings is 1. The molecule has 28 heavy (non-hydrogen) atoms. The van der Waals surface area contributed by atoms with Gasteiger partial charge >= 0.3 is 0 Å². The lowest BCUT2D eigenvalue weighted by Gasteiger charge is -2.30. The summed E-state index contributed by atoms with van der Waals surface area (Å²) in [7, 11) is 1.55. The molecule has 0 aromatic heterocycles. The summed E-state index contributed by atoms with van der Waals surface area (Å²) < 4.78 is 5.02. The molecule has 2 fully saturated rings. The zero-order valence-corrected chi connectivity index (χ0v) is 16.3. The predicted molar refractivity (Wildman–Crippen MR) is 101 cm³/mol. The zero-order chi connectivity index (χ0) is 20.2. The van der Waals surface area contributed by atoms with Crippen molar-refractivity contribution in [2.24, 2.45) is 11.8 Å². The minimum absolute atomic E-state index is 0.213. The number of fused-ring (bicyclic) bond motifs is 4. The normalized spacial score (nSPS) is 32.1. The number of rotatable bonds is 5. The molecule has 0 saturated carbocycles. The lowest BCUT2D eigenvalue weighted by atomic mass is 9.76. The van der Waals surface area contributed by atoms with Crippen molar-refractivity contribution in [1.29, 1.82) is 0 Å². The van der Waals surface area contributed by atoms with Gasteiger partial charge in [-0.25, -0.2) is 0 Å². The maximum absolute atomic E-state index is 13.3. The lowest BCUT2D eigenvalue weighted by molar-refractivity contribution is -0.143. The van der Waals surface area contributed by atoms with Gasteiger partial charge in [0.25, 0.3) is 0 Å². The fraction of sp³-hybridized carbons (Fsp3) is 0.526. The predicted octanol–water partition coefficient (Wildman–Crippen LogP) is 0.478. The van der Waals surface area contributed by atoms with Crippen molar-refractivity contribution < 1.29 is 24.2 Å². The Morgan fingerprint density at radius 2 is 2.07 bits per heavy atom. The van der Waals surface area contributed by atoms with E-state index in [0.717, 1.165) is 0 Å². The third-order valence-electron chi connectivity index (χ3n) is 5.95. The SMILES string of the molecule is COCCCN1C(=O)[C@@H]2[C@H]([C@@H](C)O)N[C@@]3(C(=O)Nc4ccc(Cl)cc43)[C@@H]2C1=O. The summed E-state index contributed by atoms with van der Waals surface area (Å²) in [6.07, 6.45) is -0.430. The van der Waals surface area contributed by atoms with E-state index in [9.17, 15) is 19.5 Å². The summed E-state index contributed by atoms with van der Waals surface area (Å²) in [5.41, 5.74) is -0.358. The maximum Gasteiger partial charge on any atom is 0.250 e. The highest BCUT2D eigenvalue weighted by Crippen LogP contribution is 2.53. The first kappa shape index (κ1) is 19.3. The molecule has 3 aliphatic heterocycles. The van der Waals surface area contributed by atoms with Gasteiger partial charge in [-0.05, 0) is 31.5 Å². The van der Waals surface area contributed by atoms with E-state index in [-0.39, 0.29) is 12.5 Å². The van der Waals surface area contributed by atoms with Crippen LogP contribution in [0.1, 0.15) is 18.9 Å². The zero-order valence-electron chi connectivity index (χ0n) is 15.6. The van der Waals surface area contributed by atoms with E-state index in [1.165, 1.54) is 4.90 Å². The number of carbonyl (C=O) groups is 3. The number of hydrogen-bond acceptors (Lipinski definition) is 6. The van der Waals surface area contributed by atoms with Crippen LogP contribution < -0.4 is 10.6 Å². The van der Waals surface area contributed by atoms with Gasteiger partial charge in [-0.2, -0.15) is 0 Å². The number of halogens is 1. The van der Waals surface area contributed by atoms with Gasteiger partial charge in [0.1, 0.15) is 5.54 Å². The first-order chi connectivity index (χ1) is 13.3. The molecule has 2 saturated heterocycles. The summed E-state index contributed by atoms with van der Waals surface area (Å²) in [5, 5.41) is 16.7. The lowest BCUT2D eigenvalue weighted by Crippen LogP contribution is -2.54. The third kappa shape index (κ3) is 2.52. The number of aliphatic hydroxyl groups excluding tert-OH is 1. The molecular formula is C19H22ClN3O5. The maximum atomic E-state index is 13.3. The summed E-state index contributed by atoms with van der Waals surface area (Å²) >= 11 is 6.16. The Labute approximate surface area is 167 Å². The molecule has 4 rings (SSSR count). The molecule has 9 heteroatoms. The molecule has 1 aromatic carbocycles. The standard InChI is InChI=1S/C19H22ClN3O5/c1-9(24)15-13-14(17(26)23(16(13)25)6-3-7-28-2)19(22-15)11-8-10(20)4-5-12(11)21-18(19)27/h4-5,8-9,13-15,22,24H,3,6-7H2,1-2H3,(H,21,27)/t9-,13+,14+,15+,19-/m1/s1. The molecular weight excluding hydrogens is 386 g/mol. The van der Waals surface area contributed by atoms with Gasteiger partial charge in [-0.15, -0.1) is 0 Å². The van der Waals surface area contributed by atoms with Crippen LogP contribution in [0.2, 0.25) is 5.02 Å². The number of methoxy groups -OCH3 is 1. The molecule has 1 spiro atoms. The fourth-order valence-electron chi connectivity index (χ4n) is 4.77. The van der Waals surface area contributed by atoms with Crippen molar-refractivity contribution in [3.05, 3.63) is 28.8 Å². The number of aliphatic hydroxyl groups is 1. The van der Waals surface area contributed by atoms with Crippen molar-refractivity contribution in [3.8, 4) is 0 Å². The number of imide groups is 1. The van der Waals surface area contributed by atoms with Crippen LogP contribution in [0.5, 0.6) is 0 Å². The molecule has 150 valence electrons. The Hall–Kier alpha value is -2.00. The van der Waals surface area contributed by atoms with Crippen LogP contribution in [0.3, 0.4) is 0 Å². The molecule has 8 nitrogen and oxygen atoms in total. The molecule has 3 amide bonds. The van der Waals surface area contributed by atoms with E-state index in [1.54, 1.807) is 32.2 Å². The van der Waals surface area contributed by atoms with Crippen molar-refractivity contribution in [3.63, 3.8) is 0 Å². The van der Waals surface area contributed by atoms with Crippen LogP contribution in [0.25, 0.3) is 0 Å². The highest BCUT2D eigenvalue weighted by atomic mass is 35.5. The second kappa shape index (κ2) is 6.81. The first-order valence-corrected chi connectivity index (χ1v) is 9.62. The summed E-state index contributed by atoms with van der Waals surface area (Å²) in [6, 6.07) is 4.23. The topological polar surface area (TPSA) is 108 Å². The number of nitrogens with zero attached hydrogens (tertiary/aromatic N) is 1. The van der Waals surface area contributed by atoms with Crippen LogP contribution in [0.15, 0.2) is 18.2 Å². The van der Waals surface area contributed by atoms with Crippen LogP contribution in [-0.4, -0.2) is 60.1 Å². The smallest absolute Gasteiger partial charge is 0.250 e. The minimum Gasteiger partial charge on any atom is -0.392 e. The molecule has 3 N–H and O–H groups in total. The van der Waals surface area contributed by atoms with Crippen LogP contribution in [0, 0.1) is 11.8 Å². The van der Waals surface area contributed by atoms with Crippen molar-refractivity contribution >= 4 is 35.0 Å². The minimum atomic E-state index is -1.44. The quantitative estimate of drug-likeness (QED) is 0.484. The van der Waals surface area contributed by atoms with Gasteiger partial charge in [-0.3, -0.25) is 24.6 Å². The molecule has 1 aromatic rings. The van der Waals surface area contributed by atoms with E-state index >= 15 is 0 Å². The van der Waals surface area contributed by atoms with E-state index in [2.05, 4.69) is 10.6 Å². The number of ether oxygens (including phenoxy) is 1. The highest BCUT2D eigenvalue weighted by molar-refractivity contribution is 6.31. The monoisotopic (exact) mass is 407 g/mol. The fourth-order valence-corrected chi connectivity index (χ4v) is 4.94. The Morgan fingerprint density at radius 1 is 1.32 bits per heavy atom. The van der Waals surface area contributed by atoms with E-state index in [4.69, 9.17) is 16.3 Å². The van der Waals surface area contributed by atoms with E-state index in [1.807, 2.05) is 0 Å². The number of anilines is 1. The van der Waals surface area contributed by atoms with Crippen molar-refractivity contribution in [2.75, 3.05) is 25.6 Å². The molecule has 0 bridgehead atoms. The molecule has 3 aliphatic rings. The highest BCUT2D eigenvalue weighted by Gasteiger charge is 2.71. The molecule has 0 radical (unpaired) electrons. The first-order valence-electron chi connectivity index (χ1n) is 9.24. The molecule has 0 unspecified atom stereocenters.